The minimum absolute atomic E-state index is 0.270. The molecule has 0 aromatic heterocycles. The number of hydrogen-bond acceptors (Lipinski definition) is 2. The molecule has 3 nitrogen and oxygen atoms in total. The van der Waals surface area contributed by atoms with Gasteiger partial charge in [0.2, 0.25) is 0 Å². The molecule has 0 aliphatic carbocycles. The lowest BCUT2D eigenvalue weighted by molar-refractivity contribution is -0.139. The maximum atomic E-state index is 14.8. The molecule has 0 spiro atoms. The van der Waals surface area contributed by atoms with Crippen LogP contribution >= 0.6 is 0 Å². The lowest BCUT2D eigenvalue weighted by Crippen LogP contribution is -2.13. The first-order valence-electron chi connectivity index (χ1n) is 11.8. The molecule has 31 heavy (non-hydrogen) atoms. The first-order valence-corrected chi connectivity index (χ1v) is 11.8. The number of benzene rings is 2. The summed E-state index contributed by atoms with van der Waals surface area (Å²) in [6.45, 7) is 5.00. The standard InChI is InChI=1S/C27H37FO3/c1-3-5-7-8-9-11-19-31-23-16-13-21(14-17-23)22-15-18-24(26(28)20-22)25(27(29)30)12-10-6-4-2/h13-18,20,25H,3-12,19H2,1-2H3,(H,29,30). The highest BCUT2D eigenvalue weighted by Crippen LogP contribution is 2.30. The molecule has 2 rings (SSSR count). The van der Waals surface area contributed by atoms with E-state index < -0.39 is 17.7 Å². The monoisotopic (exact) mass is 428 g/mol. The van der Waals surface area contributed by atoms with E-state index in [4.69, 9.17) is 4.74 Å². The van der Waals surface area contributed by atoms with E-state index in [2.05, 4.69) is 13.8 Å². The average molecular weight is 429 g/mol. The van der Waals surface area contributed by atoms with Crippen LogP contribution in [0.2, 0.25) is 0 Å². The van der Waals surface area contributed by atoms with Crippen molar-refractivity contribution in [2.75, 3.05) is 6.61 Å². The molecule has 0 radical (unpaired) electrons. The number of unbranched alkanes of at least 4 members (excludes halogenated alkanes) is 7. The van der Waals surface area contributed by atoms with Crippen molar-refractivity contribution in [3.05, 3.63) is 53.8 Å². The van der Waals surface area contributed by atoms with Crippen LogP contribution in [0.5, 0.6) is 5.75 Å². The van der Waals surface area contributed by atoms with Crippen molar-refractivity contribution < 1.29 is 19.0 Å². The number of ether oxygens (including phenoxy) is 1. The van der Waals surface area contributed by atoms with Gasteiger partial charge < -0.3 is 9.84 Å². The third-order valence-electron chi connectivity index (χ3n) is 5.72. The Morgan fingerprint density at radius 2 is 1.48 bits per heavy atom. The van der Waals surface area contributed by atoms with E-state index in [1.54, 1.807) is 12.1 Å². The predicted octanol–water partition coefficient (Wildman–Crippen LogP) is 7.98. The molecule has 2 aromatic rings. The first kappa shape index (κ1) is 24.9. The average Bonchev–Trinajstić information content (AvgIpc) is 2.77. The zero-order valence-corrected chi connectivity index (χ0v) is 19.0. The second kappa shape index (κ2) is 13.8. The molecule has 2 aromatic carbocycles. The van der Waals surface area contributed by atoms with E-state index in [1.165, 1.54) is 38.2 Å². The van der Waals surface area contributed by atoms with Crippen molar-refractivity contribution in [1.29, 1.82) is 0 Å². The number of aliphatic carboxylic acids is 1. The molecule has 0 amide bonds. The van der Waals surface area contributed by atoms with E-state index in [-0.39, 0.29) is 5.56 Å². The van der Waals surface area contributed by atoms with Gasteiger partial charge in [0.1, 0.15) is 11.6 Å². The van der Waals surface area contributed by atoms with Gasteiger partial charge in [-0.15, -0.1) is 0 Å². The summed E-state index contributed by atoms with van der Waals surface area (Å²) in [6, 6.07) is 12.5. The fourth-order valence-corrected chi connectivity index (χ4v) is 3.82. The molecule has 0 aliphatic heterocycles. The zero-order valence-electron chi connectivity index (χ0n) is 19.0. The lowest BCUT2D eigenvalue weighted by atomic mass is 9.91. The smallest absolute Gasteiger partial charge is 0.311 e. The molecule has 1 N–H and O–H groups in total. The number of hydrogen-bond donors (Lipinski definition) is 1. The topological polar surface area (TPSA) is 46.5 Å². The molecule has 0 heterocycles. The maximum absolute atomic E-state index is 14.8. The fraction of sp³-hybridized carbons (Fsp3) is 0.519. The Hall–Kier alpha value is -2.36. The minimum Gasteiger partial charge on any atom is -0.494 e. The number of carboxylic acid groups (broad SMARTS) is 1. The van der Waals surface area contributed by atoms with Crippen LogP contribution in [0.4, 0.5) is 4.39 Å². The second-order valence-corrected chi connectivity index (χ2v) is 8.26. The van der Waals surface area contributed by atoms with Gasteiger partial charge >= 0.3 is 5.97 Å². The lowest BCUT2D eigenvalue weighted by Gasteiger charge is -2.15. The molecule has 0 saturated heterocycles. The molecule has 0 bridgehead atoms. The van der Waals surface area contributed by atoms with Gasteiger partial charge in [-0.1, -0.05) is 89.5 Å². The van der Waals surface area contributed by atoms with Gasteiger partial charge in [-0.25, -0.2) is 4.39 Å². The molecule has 170 valence electrons. The number of halogens is 1. The summed E-state index contributed by atoms with van der Waals surface area (Å²) in [7, 11) is 0. The third kappa shape index (κ3) is 8.35. The van der Waals surface area contributed by atoms with Crippen LogP contribution in [0.15, 0.2) is 42.5 Å². The predicted molar refractivity (Wildman–Crippen MR) is 125 cm³/mol. The van der Waals surface area contributed by atoms with E-state index in [1.807, 2.05) is 24.3 Å². The SMILES string of the molecule is CCCCCCCCOc1ccc(-c2ccc(C(CCCCC)C(=O)O)c(F)c2)cc1. The summed E-state index contributed by atoms with van der Waals surface area (Å²) in [5.41, 5.74) is 1.89. The molecule has 0 saturated carbocycles. The van der Waals surface area contributed by atoms with E-state index >= 15 is 0 Å². The van der Waals surface area contributed by atoms with Crippen LogP contribution in [0.1, 0.15) is 89.5 Å². The second-order valence-electron chi connectivity index (χ2n) is 8.26. The van der Waals surface area contributed by atoms with Gasteiger partial charge in [0.15, 0.2) is 0 Å². The van der Waals surface area contributed by atoms with Gasteiger partial charge in [-0.3, -0.25) is 4.79 Å². The zero-order chi connectivity index (χ0) is 22.5. The Bertz CT molecular complexity index is 786. The van der Waals surface area contributed by atoms with Gasteiger partial charge in [0.05, 0.1) is 12.5 Å². The van der Waals surface area contributed by atoms with Crippen molar-refractivity contribution in [2.45, 2.75) is 84.0 Å². The van der Waals surface area contributed by atoms with Crippen LogP contribution < -0.4 is 4.74 Å². The Morgan fingerprint density at radius 1 is 0.871 bits per heavy atom. The number of carboxylic acids is 1. The van der Waals surface area contributed by atoms with Crippen molar-refractivity contribution >= 4 is 5.97 Å². The first-order chi connectivity index (χ1) is 15.1. The molecule has 1 unspecified atom stereocenters. The summed E-state index contributed by atoms with van der Waals surface area (Å²) in [5.74, 6) is -1.39. The maximum Gasteiger partial charge on any atom is 0.311 e. The van der Waals surface area contributed by atoms with Crippen LogP contribution in [0, 0.1) is 5.82 Å². The van der Waals surface area contributed by atoms with Crippen molar-refractivity contribution in [3.63, 3.8) is 0 Å². The molecule has 4 heteroatoms. The van der Waals surface area contributed by atoms with Gasteiger partial charge in [0, 0.05) is 5.56 Å². The fourth-order valence-electron chi connectivity index (χ4n) is 3.82. The number of rotatable bonds is 15. The summed E-state index contributed by atoms with van der Waals surface area (Å²) in [5, 5.41) is 9.53. The van der Waals surface area contributed by atoms with E-state index in [9.17, 15) is 14.3 Å². The van der Waals surface area contributed by atoms with Crippen LogP contribution in [0.3, 0.4) is 0 Å². The quantitative estimate of drug-likeness (QED) is 0.292. The Balaban J connectivity index is 1.94. The Kier molecular flexibility index (Phi) is 11.1. The van der Waals surface area contributed by atoms with Crippen LogP contribution in [-0.2, 0) is 4.79 Å². The van der Waals surface area contributed by atoms with E-state index in [0.717, 1.165) is 42.6 Å². The molecular formula is C27H37FO3. The molecule has 0 fully saturated rings. The van der Waals surface area contributed by atoms with Gasteiger partial charge in [-0.2, -0.15) is 0 Å². The summed E-state index contributed by atoms with van der Waals surface area (Å²) in [6.07, 6.45) is 10.6. The highest BCUT2D eigenvalue weighted by atomic mass is 19.1. The van der Waals surface area contributed by atoms with E-state index in [0.29, 0.717) is 13.0 Å². The number of carbonyl (C=O) groups is 1. The summed E-state index contributed by atoms with van der Waals surface area (Å²) < 4.78 is 20.6. The van der Waals surface area contributed by atoms with Crippen molar-refractivity contribution in [2.24, 2.45) is 0 Å². The molecule has 1 atom stereocenters. The van der Waals surface area contributed by atoms with Crippen LogP contribution in [0.25, 0.3) is 11.1 Å². The minimum atomic E-state index is -0.963. The Morgan fingerprint density at radius 3 is 2.13 bits per heavy atom. The highest BCUT2D eigenvalue weighted by molar-refractivity contribution is 5.76. The highest BCUT2D eigenvalue weighted by Gasteiger charge is 2.23. The normalized spacial score (nSPS) is 12.0. The summed E-state index contributed by atoms with van der Waals surface area (Å²) in [4.78, 5) is 11.6. The van der Waals surface area contributed by atoms with Gasteiger partial charge in [0.25, 0.3) is 0 Å². The van der Waals surface area contributed by atoms with Crippen molar-refractivity contribution in [1.82, 2.24) is 0 Å². The van der Waals surface area contributed by atoms with Crippen molar-refractivity contribution in [3.8, 4) is 16.9 Å². The Labute approximate surface area is 186 Å². The third-order valence-corrected chi connectivity index (χ3v) is 5.72. The largest absolute Gasteiger partial charge is 0.494 e. The van der Waals surface area contributed by atoms with Crippen LogP contribution in [-0.4, -0.2) is 17.7 Å². The van der Waals surface area contributed by atoms with Gasteiger partial charge in [-0.05, 0) is 42.2 Å². The molecular weight excluding hydrogens is 391 g/mol. The molecule has 0 aliphatic rings. The summed E-state index contributed by atoms with van der Waals surface area (Å²) >= 11 is 0.